The topological polar surface area (TPSA) is 0 Å². The van der Waals surface area contributed by atoms with Gasteiger partial charge in [0.25, 0.3) is 0 Å². The van der Waals surface area contributed by atoms with Crippen molar-refractivity contribution in [3.8, 4) is 33.4 Å². The predicted molar refractivity (Wildman–Crippen MR) is 198 cm³/mol. The lowest BCUT2D eigenvalue weighted by atomic mass is 9.69. The molecule has 216 valence electrons. The zero-order chi connectivity index (χ0) is 30.7. The summed E-state index contributed by atoms with van der Waals surface area (Å²) in [5.74, 6) is 0. The monoisotopic (exact) mass is 592 g/mol. The van der Waals surface area contributed by atoms with Gasteiger partial charge in [0.15, 0.2) is 0 Å². The van der Waals surface area contributed by atoms with Gasteiger partial charge in [0, 0.05) is 0 Å². The van der Waals surface area contributed by atoms with Crippen molar-refractivity contribution in [3.05, 3.63) is 192 Å². The Morgan fingerprint density at radius 2 is 0.872 bits per heavy atom. The van der Waals surface area contributed by atoms with Gasteiger partial charge >= 0.3 is 0 Å². The fourth-order valence-electron chi connectivity index (χ4n) is 9.12. The third kappa shape index (κ3) is 3.17. The van der Waals surface area contributed by atoms with Gasteiger partial charge < -0.3 is 0 Å². The standard InChI is InChI=1S/C47H28/c1-4-14-35-29(11-1)23-24-40-42-26-30-21-22-32(41-27-31-12-2-3-13-34(31)36-15-5-6-16-37(36)41)25-33(30)28-45(42)47(46(35)40)43-19-9-7-17-38(43)39-18-8-10-20-44(39)47/h1-28H. The number of hydrogen-bond acceptors (Lipinski definition) is 0. The summed E-state index contributed by atoms with van der Waals surface area (Å²) in [6.45, 7) is 0. The summed E-state index contributed by atoms with van der Waals surface area (Å²) in [7, 11) is 0. The van der Waals surface area contributed by atoms with E-state index in [2.05, 4.69) is 170 Å². The summed E-state index contributed by atoms with van der Waals surface area (Å²) in [4.78, 5) is 0. The lowest BCUT2D eigenvalue weighted by Gasteiger charge is -2.31. The molecular formula is C47H28. The molecule has 0 atom stereocenters. The van der Waals surface area contributed by atoms with Crippen LogP contribution >= 0.6 is 0 Å². The second kappa shape index (κ2) is 9.06. The molecule has 0 saturated carbocycles. The van der Waals surface area contributed by atoms with E-state index in [-0.39, 0.29) is 0 Å². The van der Waals surface area contributed by atoms with E-state index in [1.54, 1.807) is 0 Å². The van der Waals surface area contributed by atoms with Crippen LogP contribution in [0.15, 0.2) is 170 Å². The van der Waals surface area contributed by atoms with Crippen LogP contribution in [-0.2, 0) is 5.41 Å². The minimum absolute atomic E-state index is 0.390. The van der Waals surface area contributed by atoms with Crippen molar-refractivity contribution in [3.63, 3.8) is 0 Å². The molecule has 0 unspecified atom stereocenters. The van der Waals surface area contributed by atoms with Gasteiger partial charge in [0.1, 0.15) is 0 Å². The molecule has 0 amide bonds. The summed E-state index contributed by atoms with van der Waals surface area (Å²) in [6.07, 6.45) is 0. The normalized spacial score (nSPS) is 13.7. The molecule has 0 nitrogen and oxygen atoms in total. The second-order valence-electron chi connectivity index (χ2n) is 13.2. The van der Waals surface area contributed by atoms with Crippen molar-refractivity contribution in [2.75, 3.05) is 0 Å². The molecule has 47 heavy (non-hydrogen) atoms. The average molecular weight is 593 g/mol. The maximum atomic E-state index is 2.52. The Labute approximate surface area is 273 Å². The molecule has 0 fully saturated rings. The van der Waals surface area contributed by atoms with E-state index in [0.29, 0.717) is 0 Å². The van der Waals surface area contributed by atoms with Crippen LogP contribution in [0.5, 0.6) is 0 Å². The van der Waals surface area contributed by atoms with Crippen LogP contribution in [0.4, 0.5) is 0 Å². The van der Waals surface area contributed by atoms with Gasteiger partial charge in [-0.05, 0) is 123 Å². The first kappa shape index (κ1) is 25.2. The van der Waals surface area contributed by atoms with E-state index >= 15 is 0 Å². The highest BCUT2D eigenvalue weighted by atomic mass is 14.5. The molecule has 2 aliphatic rings. The van der Waals surface area contributed by atoms with Gasteiger partial charge in [-0.1, -0.05) is 146 Å². The van der Waals surface area contributed by atoms with Crippen LogP contribution in [0.3, 0.4) is 0 Å². The van der Waals surface area contributed by atoms with E-state index in [9.17, 15) is 0 Å². The van der Waals surface area contributed by atoms with Crippen molar-refractivity contribution < 1.29 is 0 Å². The fraction of sp³-hybridized carbons (Fsp3) is 0.0213. The van der Waals surface area contributed by atoms with Crippen molar-refractivity contribution in [2.45, 2.75) is 5.41 Å². The quantitative estimate of drug-likeness (QED) is 0.166. The zero-order valence-electron chi connectivity index (χ0n) is 25.7. The van der Waals surface area contributed by atoms with Crippen LogP contribution in [0.2, 0.25) is 0 Å². The van der Waals surface area contributed by atoms with Crippen LogP contribution < -0.4 is 0 Å². The zero-order valence-corrected chi connectivity index (χ0v) is 25.7. The molecule has 1 spiro atoms. The van der Waals surface area contributed by atoms with Gasteiger partial charge in [-0.2, -0.15) is 0 Å². The van der Waals surface area contributed by atoms with Gasteiger partial charge in [-0.3, -0.25) is 0 Å². The summed E-state index contributed by atoms with van der Waals surface area (Å²) in [5.41, 5.74) is 13.1. The molecule has 11 rings (SSSR count). The highest BCUT2D eigenvalue weighted by Gasteiger charge is 2.52. The second-order valence-corrected chi connectivity index (χ2v) is 13.2. The average Bonchev–Trinajstić information content (AvgIpc) is 3.60. The predicted octanol–water partition coefficient (Wildman–Crippen LogP) is 12.3. The summed E-state index contributed by atoms with van der Waals surface area (Å²) in [5, 5.41) is 10.3. The van der Waals surface area contributed by atoms with Crippen LogP contribution in [0.25, 0.3) is 76.5 Å². The highest BCUT2D eigenvalue weighted by Crippen LogP contribution is 2.64. The van der Waals surface area contributed by atoms with Gasteiger partial charge in [0.2, 0.25) is 0 Å². The first-order valence-corrected chi connectivity index (χ1v) is 16.5. The molecule has 0 N–H and O–H groups in total. The number of rotatable bonds is 1. The molecular weight excluding hydrogens is 565 g/mol. The third-order valence-electron chi connectivity index (χ3n) is 11.0. The lowest BCUT2D eigenvalue weighted by Crippen LogP contribution is -2.26. The van der Waals surface area contributed by atoms with E-state index in [1.165, 1.54) is 98.7 Å². The molecule has 9 aromatic rings. The molecule has 0 heterocycles. The third-order valence-corrected chi connectivity index (χ3v) is 11.0. The molecule has 0 aliphatic heterocycles. The smallest absolute Gasteiger partial charge is 0.0619 e. The molecule has 9 aromatic carbocycles. The molecule has 0 radical (unpaired) electrons. The Morgan fingerprint density at radius 1 is 0.277 bits per heavy atom. The summed E-state index contributed by atoms with van der Waals surface area (Å²) >= 11 is 0. The van der Waals surface area contributed by atoms with E-state index in [1.807, 2.05) is 0 Å². The minimum atomic E-state index is -0.390. The molecule has 2 aliphatic carbocycles. The maximum absolute atomic E-state index is 2.52. The SMILES string of the molecule is c1ccc2c(c1)-c1ccccc1C21c2cc3cc(-c4cc5ccccc5c5ccccc45)ccc3cc2-c2ccc3ccccc3c21. The Hall–Kier alpha value is -5.98. The van der Waals surface area contributed by atoms with Crippen LogP contribution in [0, 0.1) is 0 Å². The molecule has 0 heteroatoms. The summed E-state index contributed by atoms with van der Waals surface area (Å²) in [6, 6.07) is 63.8. The summed E-state index contributed by atoms with van der Waals surface area (Å²) < 4.78 is 0. The van der Waals surface area contributed by atoms with Crippen LogP contribution in [0.1, 0.15) is 22.3 Å². The minimum Gasteiger partial charge on any atom is -0.0619 e. The van der Waals surface area contributed by atoms with Gasteiger partial charge in [-0.15, -0.1) is 0 Å². The largest absolute Gasteiger partial charge is 0.0731 e. The number of benzene rings is 9. The molecule has 0 bridgehead atoms. The van der Waals surface area contributed by atoms with Crippen molar-refractivity contribution in [1.82, 2.24) is 0 Å². The Morgan fingerprint density at radius 3 is 1.66 bits per heavy atom. The van der Waals surface area contributed by atoms with Gasteiger partial charge in [-0.25, -0.2) is 0 Å². The highest BCUT2D eigenvalue weighted by molar-refractivity contribution is 6.14. The van der Waals surface area contributed by atoms with Crippen molar-refractivity contribution in [2.24, 2.45) is 0 Å². The Kier molecular flexibility index (Phi) is 4.86. The Bertz CT molecular complexity index is 2750. The number of fused-ring (bicyclic) bond motifs is 16. The first-order valence-electron chi connectivity index (χ1n) is 16.5. The van der Waals surface area contributed by atoms with Crippen molar-refractivity contribution in [1.29, 1.82) is 0 Å². The lowest BCUT2D eigenvalue weighted by molar-refractivity contribution is 0.802. The molecule has 0 aromatic heterocycles. The Balaban J connectivity index is 1.25. The van der Waals surface area contributed by atoms with E-state index in [0.717, 1.165) is 0 Å². The van der Waals surface area contributed by atoms with Gasteiger partial charge in [0.05, 0.1) is 5.41 Å². The fourth-order valence-corrected chi connectivity index (χ4v) is 9.12. The molecule has 0 saturated heterocycles. The van der Waals surface area contributed by atoms with E-state index in [4.69, 9.17) is 0 Å². The number of hydrogen-bond donors (Lipinski definition) is 0. The first-order chi connectivity index (χ1) is 23.3. The van der Waals surface area contributed by atoms with E-state index < -0.39 is 5.41 Å². The van der Waals surface area contributed by atoms with Crippen molar-refractivity contribution >= 4 is 43.1 Å². The maximum Gasteiger partial charge on any atom is 0.0731 e. The van der Waals surface area contributed by atoms with Crippen LogP contribution in [-0.4, -0.2) is 0 Å².